The fraction of sp³-hybridized carbons (Fsp3) is 0.733. The van der Waals surface area contributed by atoms with Crippen LogP contribution in [0.3, 0.4) is 0 Å². The van der Waals surface area contributed by atoms with E-state index in [-0.39, 0.29) is 6.10 Å². The Morgan fingerprint density at radius 2 is 2.06 bits per heavy atom. The summed E-state index contributed by atoms with van der Waals surface area (Å²) >= 11 is 3.53. The van der Waals surface area contributed by atoms with E-state index in [1.807, 2.05) is 6.92 Å². The van der Waals surface area contributed by atoms with E-state index in [4.69, 9.17) is 4.43 Å². The second kappa shape index (κ2) is 9.83. The van der Waals surface area contributed by atoms with Gasteiger partial charge in [0.1, 0.15) is 6.10 Å². The SMILES string of the molecule is C=C(C)C[C@@H](C#CCCCCC)O[Si](C)(C)CBr. The Bertz CT molecular complexity index is 301. The molecular weight excluding hydrogens is 304 g/mol. The standard InChI is InChI=1S/C15H27BrOSi/c1-6-7-8-9-10-11-15(12-14(2)3)17-18(4,5)13-16/h15H,2,6-9,12-13H2,1,3-5H3/t15-/m1/s1. The Kier molecular flexibility index (Phi) is 9.81. The summed E-state index contributed by atoms with van der Waals surface area (Å²) in [6, 6.07) is 0. The lowest BCUT2D eigenvalue weighted by molar-refractivity contribution is 0.251. The molecule has 0 amide bonds. The topological polar surface area (TPSA) is 9.23 Å². The molecule has 1 nitrogen and oxygen atoms in total. The number of rotatable bonds is 8. The first-order valence-electron chi connectivity index (χ1n) is 6.78. The summed E-state index contributed by atoms with van der Waals surface area (Å²) in [5.74, 6) is 6.54. The summed E-state index contributed by atoms with van der Waals surface area (Å²) in [5, 5.41) is 0. The molecule has 0 heterocycles. The van der Waals surface area contributed by atoms with Crippen molar-refractivity contribution < 1.29 is 4.43 Å². The van der Waals surface area contributed by atoms with Gasteiger partial charge in [-0.1, -0.05) is 47.2 Å². The van der Waals surface area contributed by atoms with Crippen LogP contribution in [0, 0.1) is 11.8 Å². The molecule has 0 unspecified atom stereocenters. The third-order valence-corrected chi connectivity index (χ3v) is 8.10. The van der Waals surface area contributed by atoms with Gasteiger partial charge in [-0.05, 0) is 26.4 Å². The third kappa shape index (κ3) is 9.93. The van der Waals surface area contributed by atoms with E-state index in [2.05, 4.69) is 54.4 Å². The summed E-state index contributed by atoms with van der Waals surface area (Å²) < 4.78 is 6.16. The fourth-order valence-corrected chi connectivity index (χ4v) is 2.88. The molecule has 0 saturated heterocycles. The zero-order valence-corrected chi connectivity index (χ0v) is 14.9. The molecule has 104 valence electrons. The van der Waals surface area contributed by atoms with E-state index < -0.39 is 8.32 Å². The van der Waals surface area contributed by atoms with Crippen molar-refractivity contribution in [1.82, 2.24) is 0 Å². The van der Waals surface area contributed by atoms with Gasteiger partial charge in [0.25, 0.3) is 0 Å². The Morgan fingerprint density at radius 1 is 1.39 bits per heavy atom. The first kappa shape index (κ1) is 18.0. The van der Waals surface area contributed by atoms with Gasteiger partial charge in [0, 0.05) is 17.8 Å². The van der Waals surface area contributed by atoms with Gasteiger partial charge >= 0.3 is 0 Å². The van der Waals surface area contributed by atoms with Crippen molar-refractivity contribution in [2.45, 2.75) is 65.1 Å². The van der Waals surface area contributed by atoms with Crippen molar-refractivity contribution in [3.8, 4) is 11.8 Å². The molecule has 0 rings (SSSR count). The normalized spacial score (nSPS) is 12.7. The molecule has 0 spiro atoms. The number of alkyl halides is 1. The molecule has 0 aromatic carbocycles. The molecule has 1 atom stereocenters. The summed E-state index contributed by atoms with van der Waals surface area (Å²) in [6.45, 7) is 12.6. The maximum absolute atomic E-state index is 6.16. The van der Waals surface area contributed by atoms with E-state index >= 15 is 0 Å². The summed E-state index contributed by atoms with van der Waals surface area (Å²) in [7, 11) is -1.61. The van der Waals surface area contributed by atoms with Gasteiger partial charge in [-0.3, -0.25) is 0 Å². The van der Waals surface area contributed by atoms with Crippen LogP contribution in [-0.4, -0.2) is 19.4 Å². The number of unbranched alkanes of at least 4 members (excludes halogenated alkanes) is 3. The van der Waals surface area contributed by atoms with Crippen molar-refractivity contribution in [2.75, 3.05) is 4.95 Å². The lowest BCUT2D eigenvalue weighted by Gasteiger charge is -2.24. The van der Waals surface area contributed by atoms with Gasteiger partial charge in [0.15, 0.2) is 8.32 Å². The predicted octanol–water partition coefficient (Wildman–Crippen LogP) is 5.06. The maximum atomic E-state index is 6.16. The molecule has 0 fully saturated rings. The van der Waals surface area contributed by atoms with Crippen molar-refractivity contribution in [3.05, 3.63) is 12.2 Å². The van der Waals surface area contributed by atoms with Gasteiger partial charge < -0.3 is 4.43 Å². The van der Waals surface area contributed by atoms with Crippen LogP contribution in [0.2, 0.25) is 13.1 Å². The second-order valence-electron chi connectivity index (χ2n) is 5.44. The van der Waals surface area contributed by atoms with Crippen LogP contribution in [0.5, 0.6) is 0 Å². The van der Waals surface area contributed by atoms with Crippen LogP contribution in [0.1, 0.15) is 46.0 Å². The van der Waals surface area contributed by atoms with E-state index in [1.165, 1.54) is 19.3 Å². The van der Waals surface area contributed by atoms with E-state index in [9.17, 15) is 0 Å². The van der Waals surface area contributed by atoms with Crippen LogP contribution in [0.25, 0.3) is 0 Å². The largest absolute Gasteiger partial charge is 0.403 e. The second-order valence-corrected chi connectivity index (χ2v) is 11.1. The zero-order chi connectivity index (χ0) is 14.0. The first-order chi connectivity index (χ1) is 8.41. The van der Waals surface area contributed by atoms with E-state index in [0.29, 0.717) is 0 Å². The Morgan fingerprint density at radius 3 is 2.56 bits per heavy atom. The van der Waals surface area contributed by atoms with Gasteiger partial charge in [0.05, 0.1) is 0 Å². The average molecular weight is 331 g/mol. The number of hydrogen-bond acceptors (Lipinski definition) is 1. The summed E-state index contributed by atoms with van der Waals surface area (Å²) in [5.41, 5.74) is 1.14. The van der Waals surface area contributed by atoms with Crippen LogP contribution >= 0.6 is 15.9 Å². The summed E-state index contributed by atoms with van der Waals surface area (Å²) in [6.07, 6.45) is 5.58. The average Bonchev–Trinajstić information content (AvgIpc) is 2.27. The van der Waals surface area contributed by atoms with Crippen molar-refractivity contribution >= 4 is 24.2 Å². The molecular formula is C15H27BrOSi. The highest BCUT2D eigenvalue weighted by molar-refractivity contribution is 9.09. The number of halogens is 1. The van der Waals surface area contributed by atoms with E-state index in [1.54, 1.807) is 0 Å². The predicted molar refractivity (Wildman–Crippen MR) is 87.5 cm³/mol. The lowest BCUT2D eigenvalue weighted by Crippen LogP contribution is -2.37. The minimum absolute atomic E-state index is 0.0309. The van der Waals surface area contributed by atoms with Crippen LogP contribution in [-0.2, 0) is 4.43 Å². The molecule has 0 N–H and O–H groups in total. The van der Waals surface area contributed by atoms with Crippen LogP contribution in [0.4, 0.5) is 0 Å². The molecule has 0 aromatic heterocycles. The van der Waals surface area contributed by atoms with Crippen molar-refractivity contribution in [2.24, 2.45) is 0 Å². The van der Waals surface area contributed by atoms with Crippen LogP contribution in [0.15, 0.2) is 12.2 Å². The van der Waals surface area contributed by atoms with Gasteiger partial charge in [-0.25, -0.2) is 0 Å². The molecule has 18 heavy (non-hydrogen) atoms. The van der Waals surface area contributed by atoms with E-state index in [0.717, 1.165) is 23.4 Å². The molecule has 0 saturated carbocycles. The van der Waals surface area contributed by atoms with Crippen molar-refractivity contribution in [1.29, 1.82) is 0 Å². The molecule has 0 aliphatic rings. The highest BCUT2D eigenvalue weighted by atomic mass is 79.9. The highest BCUT2D eigenvalue weighted by Gasteiger charge is 2.24. The Labute approximate surface area is 123 Å². The first-order valence-corrected chi connectivity index (χ1v) is 11.0. The molecule has 0 bridgehead atoms. The quantitative estimate of drug-likeness (QED) is 0.199. The van der Waals surface area contributed by atoms with Crippen LogP contribution < -0.4 is 0 Å². The molecule has 0 aliphatic heterocycles. The maximum Gasteiger partial charge on any atom is 0.198 e. The molecule has 0 aliphatic carbocycles. The Balaban J connectivity index is 4.35. The molecule has 3 heteroatoms. The van der Waals surface area contributed by atoms with Gasteiger partial charge in [-0.15, -0.1) is 12.5 Å². The van der Waals surface area contributed by atoms with Gasteiger partial charge in [-0.2, -0.15) is 0 Å². The molecule has 0 aromatic rings. The minimum Gasteiger partial charge on any atom is -0.403 e. The van der Waals surface area contributed by atoms with Gasteiger partial charge in [0.2, 0.25) is 0 Å². The van der Waals surface area contributed by atoms with Crippen molar-refractivity contribution in [3.63, 3.8) is 0 Å². The lowest BCUT2D eigenvalue weighted by atomic mass is 10.1. The fourth-order valence-electron chi connectivity index (χ4n) is 1.50. The zero-order valence-electron chi connectivity index (χ0n) is 12.3. The third-order valence-electron chi connectivity index (χ3n) is 2.49. The molecule has 0 radical (unpaired) electrons. The summed E-state index contributed by atoms with van der Waals surface area (Å²) in [4.78, 5) is 0.949. The number of hydrogen-bond donors (Lipinski definition) is 0. The Hall–Kier alpha value is -0.0431. The highest BCUT2D eigenvalue weighted by Crippen LogP contribution is 2.15. The smallest absolute Gasteiger partial charge is 0.198 e. The monoisotopic (exact) mass is 330 g/mol. The minimum atomic E-state index is -1.61.